The Morgan fingerprint density at radius 2 is 1.86 bits per heavy atom. The molecule has 5 heteroatoms. The molecule has 0 aliphatic rings. The SMILES string of the molecule is Cc1cc(C)c2c(C)c(C(=O)N(Cc3cccc(Cl)c3)Cc3ccco3)oc2c1. The number of benzene rings is 2. The van der Waals surface area contributed by atoms with Crippen LogP contribution >= 0.6 is 11.6 Å². The van der Waals surface area contributed by atoms with Gasteiger partial charge in [-0.2, -0.15) is 0 Å². The van der Waals surface area contributed by atoms with E-state index in [1.165, 1.54) is 0 Å². The first-order valence-corrected chi connectivity index (χ1v) is 9.86. The van der Waals surface area contributed by atoms with Crippen molar-refractivity contribution in [3.8, 4) is 0 Å². The van der Waals surface area contributed by atoms with Crippen LogP contribution < -0.4 is 0 Å². The van der Waals surface area contributed by atoms with Crippen LogP contribution in [0.4, 0.5) is 0 Å². The molecule has 0 spiro atoms. The normalized spacial score (nSPS) is 11.2. The Bertz CT molecular complexity index is 1170. The monoisotopic (exact) mass is 407 g/mol. The van der Waals surface area contributed by atoms with Crippen LogP contribution in [0.1, 0.15) is 38.6 Å². The molecule has 0 unspecified atom stereocenters. The minimum atomic E-state index is -0.174. The van der Waals surface area contributed by atoms with Crippen molar-refractivity contribution in [2.24, 2.45) is 0 Å². The molecule has 4 aromatic rings. The highest BCUT2D eigenvalue weighted by Crippen LogP contribution is 2.31. The van der Waals surface area contributed by atoms with Crippen LogP contribution in [0.25, 0.3) is 11.0 Å². The van der Waals surface area contributed by atoms with Crippen molar-refractivity contribution in [1.29, 1.82) is 0 Å². The highest BCUT2D eigenvalue weighted by Gasteiger charge is 2.25. The molecule has 4 nitrogen and oxygen atoms in total. The third-order valence-electron chi connectivity index (χ3n) is 5.04. The largest absolute Gasteiger partial charge is 0.467 e. The third-order valence-corrected chi connectivity index (χ3v) is 5.28. The molecule has 0 aliphatic heterocycles. The summed E-state index contributed by atoms with van der Waals surface area (Å²) >= 11 is 6.14. The van der Waals surface area contributed by atoms with Gasteiger partial charge in [-0.25, -0.2) is 0 Å². The van der Waals surface area contributed by atoms with Gasteiger partial charge in [-0.05, 0) is 67.8 Å². The number of nitrogens with zero attached hydrogens (tertiary/aromatic N) is 1. The summed E-state index contributed by atoms with van der Waals surface area (Å²) in [7, 11) is 0. The number of carbonyl (C=O) groups excluding carboxylic acids is 1. The maximum absolute atomic E-state index is 13.5. The van der Waals surface area contributed by atoms with Crippen LogP contribution in [0, 0.1) is 20.8 Å². The van der Waals surface area contributed by atoms with Gasteiger partial charge in [0.05, 0.1) is 12.8 Å². The van der Waals surface area contributed by atoms with Crippen LogP contribution in [-0.4, -0.2) is 10.8 Å². The molecular weight excluding hydrogens is 386 g/mol. The standard InChI is InChI=1S/C24H22ClNO3/c1-15-10-16(2)22-17(3)23(29-21(22)11-15)24(27)26(14-20-8-5-9-28-20)13-18-6-4-7-19(25)12-18/h4-12H,13-14H2,1-3H3. The van der Waals surface area contributed by atoms with Gasteiger partial charge in [0.1, 0.15) is 11.3 Å². The number of amides is 1. The summed E-state index contributed by atoms with van der Waals surface area (Å²) in [5, 5.41) is 1.64. The minimum Gasteiger partial charge on any atom is -0.467 e. The summed E-state index contributed by atoms with van der Waals surface area (Å²) in [6.07, 6.45) is 1.61. The van der Waals surface area contributed by atoms with Crippen molar-refractivity contribution in [2.75, 3.05) is 0 Å². The summed E-state index contributed by atoms with van der Waals surface area (Å²) in [6, 6.07) is 15.3. The second-order valence-corrected chi connectivity index (χ2v) is 7.82. The lowest BCUT2D eigenvalue weighted by Crippen LogP contribution is -2.30. The summed E-state index contributed by atoms with van der Waals surface area (Å²) in [5.74, 6) is 0.899. The second kappa shape index (κ2) is 7.80. The summed E-state index contributed by atoms with van der Waals surface area (Å²) in [6.45, 7) is 6.74. The zero-order chi connectivity index (χ0) is 20.5. The molecule has 0 saturated heterocycles. The van der Waals surface area contributed by atoms with E-state index < -0.39 is 0 Å². The number of halogens is 1. The lowest BCUT2D eigenvalue weighted by atomic mass is 10.0. The molecule has 1 amide bonds. The van der Waals surface area contributed by atoms with Gasteiger partial charge in [0.2, 0.25) is 0 Å². The van der Waals surface area contributed by atoms with Gasteiger partial charge >= 0.3 is 0 Å². The molecule has 0 fully saturated rings. The molecule has 2 aromatic carbocycles. The number of furan rings is 2. The molecule has 0 N–H and O–H groups in total. The minimum absolute atomic E-state index is 0.174. The Morgan fingerprint density at radius 3 is 2.59 bits per heavy atom. The zero-order valence-corrected chi connectivity index (χ0v) is 17.4. The Hall–Kier alpha value is -2.98. The average Bonchev–Trinajstić information content (AvgIpc) is 3.28. The van der Waals surface area contributed by atoms with Crippen molar-refractivity contribution in [3.05, 3.63) is 93.6 Å². The third kappa shape index (κ3) is 3.94. The van der Waals surface area contributed by atoms with E-state index in [1.807, 2.05) is 63.2 Å². The zero-order valence-electron chi connectivity index (χ0n) is 16.7. The Kier molecular flexibility index (Phi) is 5.20. The summed E-state index contributed by atoms with van der Waals surface area (Å²) in [5.41, 5.74) is 4.75. The van der Waals surface area contributed by atoms with E-state index in [-0.39, 0.29) is 5.91 Å². The predicted molar refractivity (Wildman–Crippen MR) is 114 cm³/mol. The van der Waals surface area contributed by atoms with Crippen molar-refractivity contribution >= 4 is 28.5 Å². The number of aryl methyl sites for hydroxylation is 3. The Balaban J connectivity index is 1.73. The highest BCUT2D eigenvalue weighted by atomic mass is 35.5. The number of rotatable bonds is 5. The van der Waals surface area contributed by atoms with Crippen molar-refractivity contribution in [2.45, 2.75) is 33.9 Å². The second-order valence-electron chi connectivity index (χ2n) is 7.38. The Morgan fingerprint density at radius 1 is 1.03 bits per heavy atom. The van der Waals surface area contributed by atoms with E-state index in [4.69, 9.17) is 20.4 Å². The lowest BCUT2D eigenvalue weighted by molar-refractivity contribution is 0.0686. The van der Waals surface area contributed by atoms with Gasteiger partial charge in [-0.1, -0.05) is 29.8 Å². The molecule has 0 saturated carbocycles. The van der Waals surface area contributed by atoms with Crippen molar-refractivity contribution in [1.82, 2.24) is 4.90 Å². The van der Waals surface area contributed by atoms with Crippen LogP contribution in [0.15, 0.2) is 63.6 Å². The maximum Gasteiger partial charge on any atom is 0.290 e. The highest BCUT2D eigenvalue weighted by molar-refractivity contribution is 6.30. The average molecular weight is 408 g/mol. The molecule has 4 rings (SSSR count). The van der Waals surface area contributed by atoms with E-state index in [0.29, 0.717) is 29.6 Å². The quantitative estimate of drug-likeness (QED) is 0.382. The molecule has 2 aromatic heterocycles. The molecule has 0 atom stereocenters. The topological polar surface area (TPSA) is 46.6 Å². The van der Waals surface area contributed by atoms with Crippen LogP contribution in [0.5, 0.6) is 0 Å². The van der Waals surface area contributed by atoms with Crippen molar-refractivity contribution in [3.63, 3.8) is 0 Å². The predicted octanol–water partition coefficient (Wildman–Crippen LogP) is 6.45. The molecule has 2 heterocycles. The lowest BCUT2D eigenvalue weighted by Gasteiger charge is -2.21. The van der Waals surface area contributed by atoms with Gasteiger partial charge in [0.15, 0.2) is 5.76 Å². The summed E-state index contributed by atoms with van der Waals surface area (Å²) in [4.78, 5) is 15.2. The summed E-state index contributed by atoms with van der Waals surface area (Å²) < 4.78 is 11.5. The molecule has 148 valence electrons. The molecule has 29 heavy (non-hydrogen) atoms. The number of hydrogen-bond donors (Lipinski definition) is 0. The first-order chi connectivity index (χ1) is 13.9. The Labute approximate surface area is 174 Å². The number of hydrogen-bond acceptors (Lipinski definition) is 3. The van der Waals surface area contributed by atoms with Crippen LogP contribution in [-0.2, 0) is 13.1 Å². The van der Waals surface area contributed by atoms with E-state index in [2.05, 4.69) is 6.07 Å². The molecule has 0 radical (unpaired) electrons. The van der Waals surface area contributed by atoms with E-state index >= 15 is 0 Å². The van der Waals surface area contributed by atoms with Gasteiger partial charge in [-0.15, -0.1) is 0 Å². The van der Waals surface area contributed by atoms with Gasteiger partial charge in [-0.3, -0.25) is 4.79 Å². The van der Waals surface area contributed by atoms with Gasteiger partial charge < -0.3 is 13.7 Å². The number of carbonyl (C=O) groups is 1. The fourth-order valence-electron chi connectivity index (χ4n) is 3.78. The van der Waals surface area contributed by atoms with E-state index in [9.17, 15) is 4.79 Å². The first kappa shape index (κ1) is 19.3. The fourth-order valence-corrected chi connectivity index (χ4v) is 4.00. The molecule has 0 bridgehead atoms. The number of fused-ring (bicyclic) bond motifs is 1. The van der Waals surface area contributed by atoms with Crippen LogP contribution in [0.3, 0.4) is 0 Å². The molecular formula is C24H22ClNO3. The molecule has 0 aliphatic carbocycles. The van der Waals surface area contributed by atoms with Gasteiger partial charge in [0.25, 0.3) is 5.91 Å². The maximum atomic E-state index is 13.5. The van der Waals surface area contributed by atoms with Gasteiger partial charge in [0, 0.05) is 22.5 Å². The first-order valence-electron chi connectivity index (χ1n) is 9.49. The van der Waals surface area contributed by atoms with Crippen molar-refractivity contribution < 1.29 is 13.6 Å². The smallest absolute Gasteiger partial charge is 0.290 e. The van der Waals surface area contributed by atoms with Crippen LogP contribution in [0.2, 0.25) is 5.02 Å². The fraction of sp³-hybridized carbons (Fsp3) is 0.208. The van der Waals surface area contributed by atoms with E-state index in [1.54, 1.807) is 11.2 Å². The van der Waals surface area contributed by atoms with E-state index in [0.717, 1.165) is 33.2 Å².